The van der Waals surface area contributed by atoms with Crippen molar-refractivity contribution in [1.29, 1.82) is 0 Å². The van der Waals surface area contributed by atoms with Crippen LogP contribution in [0, 0.1) is 0 Å². The first-order valence-electron chi connectivity index (χ1n) is 7.93. The van der Waals surface area contributed by atoms with E-state index in [1.165, 1.54) is 6.42 Å². The smallest absolute Gasteiger partial charge is 0.0478 e. The molecule has 0 heterocycles. The summed E-state index contributed by atoms with van der Waals surface area (Å²) in [5.74, 6) is 0. The molecule has 0 aliphatic carbocycles. The van der Waals surface area contributed by atoms with E-state index in [-0.39, 0.29) is 0 Å². The second kappa shape index (κ2) is 15.2. The van der Waals surface area contributed by atoms with Crippen molar-refractivity contribution >= 4 is 0 Å². The molecule has 0 fully saturated rings. The topological polar surface area (TPSA) is 68.6 Å². The van der Waals surface area contributed by atoms with Crippen LogP contribution >= 0.6 is 0 Å². The zero-order chi connectivity index (χ0) is 15.1. The quantitative estimate of drug-likeness (QED) is 0.228. The molecule has 0 unspecified atom stereocenters. The molecule has 0 aromatic heterocycles. The van der Waals surface area contributed by atoms with Crippen molar-refractivity contribution in [3.8, 4) is 0 Å². The first-order chi connectivity index (χ1) is 9.78. The normalized spacial score (nSPS) is 11.7. The highest BCUT2D eigenvalue weighted by Gasteiger charge is 2.04. The fourth-order valence-electron chi connectivity index (χ4n) is 2.20. The van der Waals surface area contributed by atoms with Crippen molar-refractivity contribution < 1.29 is 0 Å². The Labute approximate surface area is 125 Å². The van der Waals surface area contributed by atoms with Gasteiger partial charge in [-0.1, -0.05) is 6.92 Å². The average molecular weight is 288 g/mol. The lowest BCUT2D eigenvalue weighted by molar-refractivity contribution is 0.252. The fourth-order valence-corrected chi connectivity index (χ4v) is 2.20. The maximum atomic E-state index is 5.64. The number of nitrogens with one attached hydrogen (secondary N) is 3. The second-order valence-electron chi connectivity index (χ2n) is 5.11. The van der Waals surface area contributed by atoms with Crippen molar-refractivity contribution in [2.24, 2.45) is 5.73 Å². The van der Waals surface area contributed by atoms with E-state index >= 15 is 0 Å². The third-order valence-electron chi connectivity index (χ3n) is 3.25. The van der Waals surface area contributed by atoms with Crippen LogP contribution in [0.5, 0.6) is 0 Å². The molecule has 122 valence electrons. The van der Waals surface area contributed by atoms with Gasteiger partial charge in [0.2, 0.25) is 0 Å². The maximum absolute atomic E-state index is 5.64. The van der Waals surface area contributed by atoms with Crippen LogP contribution in [0.2, 0.25) is 0 Å². The molecule has 5 N–H and O–H groups in total. The Morgan fingerprint density at radius 2 is 1.45 bits per heavy atom. The van der Waals surface area contributed by atoms with E-state index in [1.54, 1.807) is 0 Å². The van der Waals surface area contributed by atoms with Crippen LogP contribution in [0.1, 0.15) is 13.3 Å². The first kappa shape index (κ1) is 19.8. The Morgan fingerprint density at radius 3 is 2.00 bits per heavy atom. The van der Waals surface area contributed by atoms with E-state index in [4.69, 9.17) is 5.73 Å². The van der Waals surface area contributed by atoms with Crippen molar-refractivity contribution in [1.82, 2.24) is 25.8 Å². The van der Waals surface area contributed by atoms with E-state index in [0.29, 0.717) is 0 Å². The van der Waals surface area contributed by atoms with E-state index < -0.39 is 0 Å². The summed E-state index contributed by atoms with van der Waals surface area (Å²) in [5, 5.41) is 9.93. The highest BCUT2D eigenvalue weighted by Crippen LogP contribution is 1.88. The molecule has 0 rings (SSSR count). The van der Waals surface area contributed by atoms with Gasteiger partial charge < -0.3 is 21.7 Å². The lowest BCUT2D eigenvalue weighted by Gasteiger charge is -2.23. The molecule has 0 saturated carbocycles. The van der Waals surface area contributed by atoms with E-state index in [2.05, 4.69) is 32.7 Å². The Kier molecular flexibility index (Phi) is 15.0. The standard InChI is InChI=1S/C14H36N6/c1-4-9-20(14-17-3)13-8-18-7-12-19(10-5-15)11-6-16-2/h16-18H,4-15H2,1-3H3. The average Bonchev–Trinajstić information content (AvgIpc) is 2.44. The van der Waals surface area contributed by atoms with Gasteiger partial charge in [0.05, 0.1) is 0 Å². The molecule has 20 heavy (non-hydrogen) atoms. The Hall–Kier alpha value is -0.240. The Morgan fingerprint density at radius 1 is 0.800 bits per heavy atom. The minimum absolute atomic E-state index is 0.732. The van der Waals surface area contributed by atoms with E-state index in [1.807, 2.05) is 14.1 Å². The third kappa shape index (κ3) is 11.6. The van der Waals surface area contributed by atoms with Gasteiger partial charge in [-0.2, -0.15) is 0 Å². The first-order valence-corrected chi connectivity index (χ1v) is 7.93. The molecule has 0 bridgehead atoms. The van der Waals surface area contributed by atoms with Crippen molar-refractivity contribution in [2.75, 3.05) is 79.7 Å². The van der Waals surface area contributed by atoms with E-state index in [0.717, 1.165) is 65.6 Å². The molecule has 6 nitrogen and oxygen atoms in total. The molecule has 0 atom stereocenters. The predicted molar refractivity (Wildman–Crippen MR) is 88.1 cm³/mol. The monoisotopic (exact) mass is 288 g/mol. The van der Waals surface area contributed by atoms with Crippen molar-refractivity contribution in [3.05, 3.63) is 0 Å². The van der Waals surface area contributed by atoms with Gasteiger partial charge in [-0.05, 0) is 27.1 Å². The number of nitrogens with two attached hydrogens (primary N) is 1. The molecule has 0 aliphatic rings. The summed E-state index contributed by atoms with van der Waals surface area (Å²) >= 11 is 0. The molecule has 0 aliphatic heterocycles. The number of rotatable bonds is 15. The molecule has 0 amide bonds. The minimum Gasteiger partial charge on any atom is -0.329 e. The molecular formula is C14H36N6. The third-order valence-corrected chi connectivity index (χ3v) is 3.25. The van der Waals surface area contributed by atoms with Crippen LogP contribution in [-0.4, -0.2) is 89.5 Å². The number of hydrogen-bond acceptors (Lipinski definition) is 6. The van der Waals surface area contributed by atoms with Gasteiger partial charge in [-0.3, -0.25) is 9.80 Å². The molecule has 0 radical (unpaired) electrons. The zero-order valence-corrected chi connectivity index (χ0v) is 13.7. The molecule has 6 heteroatoms. The summed E-state index contributed by atoms with van der Waals surface area (Å²) in [7, 11) is 3.99. The fraction of sp³-hybridized carbons (Fsp3) is 1.00. The zero-order valence-electron chi connectivity index (χ0n) is 13.7. The van der Waals surface area contributed by atoms with Crippen LogP contribution in [0.3, 0.4) is 0 Å². The SMILES string of the molecule is CCCN(CCNCCN(CCN)CCNC)CNC. The van der Waals surface area contributed by atoms with Crippen LogP contribution in [-0.2, 0) is 0 Å². The predicted octanol–water partition coefficient (Wildman–Crippen LogP) is -1.05. The van der Waals surface area contributed by atoms with Crippen molar-refractivity contribution in [3.63, 3.8) is 0 Å². The summed E-state index contributed by atoms with van der Waals surface area (Å²) < 4.78 is 0. The van der Waals surface area contributed by atoms with Crippen LogP contribution in [0.4, 0.5) is 0 Å². The van der Waals surface area contributed by atoms with E-state index in [9.17, 15) is 0 Å². The lowest BCUT2D eigenvalue weighted by Crippen LogP contribution is -2.41. The van der Waals surface area contributed by atoms with Gasteiger partial charge in [0.15, 0.2) is 0 Å². The molecule has 0 aromatic carbocycles. The van der Waals surface area contributed by atoms with Crippen LogP contribution in [0.15, 0.2) is 0 Å². The molecular weight excluding hydrogens is 252 g/mol. The van der Waals surface area contributed by atoms with Gasteiger partial charge in [0, 0.05) is 59.0 Å². The summed E-state index contributed by atoms with van der Waals surface area (Å²) in [6.45, 7) is 12.4. The molecule has 0 aromatic rings. The summed E-state index contributed by atoms with van der Waals surface area (Å²) in [5.41, 5.74) is 5.64. The largest absolute Gasteiger partial charge is 0.329 e. The number of nitrogens with zero attached hydrogens (tertiary/aromatic N) is 2. The minimum atomic E-state index is 0.732. The van der Waals surface area contributed by atoms with Gasteiger partial charge in [-0.15, -0.1) is 0 Å². The summed E-state index contributed by atoms with van der Waals surface area (Å²) in [6.07, 6.45) is 1.20. The maximum Gasteiger partial charge on any atom is 0.0478 e. The summed E-state index contributed by atoms with van der Waals surface area (Å²) in [6, 6.07) is 0. The lowest BCUT2D eigenvalue weighted by atomic mass is 10.4. The van der Waals surface area contributed by atoms with Gasteiger partial charge in [-0.25, -0.2) is 0 Å². The Balaban J connectivity index is 3.64. The number of likely N-dealkylation sites (N-methyl/N-ethyl adjacent to an activating group) is 1. The van der Waals surface area contributed by atoms with Gasteiger partial charge >= 0.3 is 0 Å². The number of hydrogen-bond donors (Lipinski definition) is 4. The highest BCUT2D eigenvalue weighted by molar-refractivity contribution is 4.63. The van der Waals surface area contributed by atoms with Crippen LogP contribution in [0.25, 0.3) is 0 Å². The van der Waals surface area contributed by atoms with Gasteiger partial charge in [0.1, 0.15) is 0 Å². The highest BCUT2D eigenvalue weighted by atomic mass is 15.2. The molecule has 0 saturated heterocycles. The molecule has 0 spiro atoms. The second-order valence-corrected chi connectivity index (χ2v) is 5.11. The van der Waals surface area contributed by atoms with Gasteiger partial charge in [0.25, 0.3) is 0 Å². The van der Waals surface area contributed by atoms with Crippen LogP contribution < -0.4 is 21.7 Å². The Bertz CT molecular complexity index is 185. The summed E-state index contributed by atoms with van der Waals surface area (Å²) in [4.78, 5) is 4.84. The van der Waals surface area contributed by atoms with Crippen molar-refractivity contribution in [2.45, 2.75) is 13.3 Å².